The summed E-state index contributed by atoms with van der Waals surface area (Å²) in [6, 6.07) is 7.66. The van der Waals surface area contributed by atoms with Crippen LogP contribution in [0.4, 0.5) is 0 Å². The van der Waals surface area contributed by atoms with Crippen LogP contribution >= 0.6 is 11.3 Å². The van der Waals surface area contributed by atoms with Crippen molar-refractivity contribution in [3.8, 4) is 5.75 Å². The van der Waals surface area contributed by atoms with Gasteiger partial charge in [-0.15, -0.1) is 11.3 Å². The van der Waals surface area contributed by atoms with Crippen molar-refractivity contribution in [2.75, 3.05) is 6.54 Å². The molecule has 1 N–H and O–H groups in total. The molecule has 1 unspecified atom stereocenters. The van der Waals surface area contributed by atoms with Crippen LogP contribution in [0, 0.1) is 0 Å². The van der Waals surface area contributed by atoms with Gasteiger partial charge in [0.2, 0.25) is 0 Å². The van der Waals surface area contributed by atoms with Crippen molar-refractivity contribution in [3.05, 3.63) is 51.2 Å². The van der Waals surface area contributed by atoms with E-state index in [1.54, 1.807) is 19.1 Å². The van der Waals surface area contributed by atoms with Gasteiger partial charge in [0.15, 0.2) is 5.78 Å². The van der Waals surface area contributed by atoms with Gasteiger partial charge >= 0.3 is 0 Å². The average molecular weight is 301 g/mol. The van der Waals surface area contributed by atoms with Gasteiger partial charge < -0.3 is 5.11 Å². The Morgan fingerprint density at radius 3 is 3.00 bits per heavy atom. The smallest absolute Gasteiger partial charge is 0.159 e. The summed E-state index contributed by atoms with van der Waals surface area (Å²) in [6.45, 7) is 5.41. The predicted octanol–water partition coefficient (Wildman–Crippen LogP) is 3.78. The number of phenols is 1. The molecule has 0 aliphatic carbocycles. The standard InChI is InChI=1S/C17H19NO2S/c1-11-15-6-8-21-17(15)5-7-18(11)10-14-9-13(12(2)19)3-4-16(14)20/h3-4,6,8-9,11,20H,5,7,10H2,1-2H3. The monoisotopic (exact) mass is 301 g/mol. The second-order valence-electron chi connectivity index (χ2n) is 5.60. The summed E-state index contributed by atoms with van der Waals surface area (Å²) in [5, 5.41) is 12.2. The van der Waals surface area contributed by atoms with E-state index in [1.165, 1.54) is 10.4 Å². The fourth-order valence-electron chi connectivity index (χ4n) is 2.93. The molecule has 1 aromatic carbocycles. The SMILES string of the molecule is CC(=O)c1ccc(O)c(CN2CCc3sccc3C2C)c1. The fourth-order valence-corrected chi connectivity index (χ4v) is 3.89. The van der Waals surface area contributed by atoms with Crippen LogP contribution in [0.25, 0.3) is 0 Å². The van der Waals surface area contributed by atoms with Crippen molar-refractivity contribution in [1.82, 2.24) is 4.90 Å². The molecule has 2 aromatic rings. The molecule has 0 amide bonds. The fraction of sp³-hybridized carbons (Fsp3) is 0.353. The topological polar surface area (TPSA) is 40.5 Å². The van der Waals surface area contributed by atoms with Gasteiger partial charge in [-0.25, -0.2) is 0 Å². The second-order valence-corrected chi connectivity index (χ2v) is 6.60. The van der Waals surface area contributed by atoms with Crippen LogP contribution in [-0.4, -0.2) is 22.3 Å². The number of carbonyl (C=O) groups is 1. The highest BCUT2D eigenvalue weighted by atomic mass is 32.1. The molecule has 1 aliphatic heterocycles. The number of aromatic hydroxyl groups is 1. The molecule has 110 valence electrons. The first kappa shape index (κ1) is 14.3. The van der Waals surface area contributed by atoms with E-state index in [9.17, 15) is 9.90 Å². The van der Waals surface area contributed by atoms with Crippen LogP contribution in [0.5, 0.6) is 5.75 Å². The molecule has 0 radical (unpaired) electrons. The summed E-state index contributed by atoms with van der Waals surface area (Å²) < 4.78 is 0. The lowest BCUT2D eigenvalue weighted by Crippen LogP contribution is -2.32. The highest BCUT2D eigenvalue weighted by Gasteiger charge is 2.25. The maximum atomic E-state index is 11.5. The number of Topliss-reactive ketones (excluding diaryl/α,β-unsaturated/α-hetero) is 1. The molecular weight excluding hydrogens is 282 g/mol. The van der Waals surface area contributed by atoms with Crippen molar-refractivity contribution in [1.29, 1.82) is 0 Å². The number of rotatable bonds is 3. The number of phenolic OH excluding ortho intramolecular Hbond substituents is 1. The van der Waals surface area contributed by atoms with Gasteiger partial charge in [-0.2, -0.15) is 0 Å². The molecule has 1 aliphatic rings. The molecule has 0 bridgehead atoms. The van der Waals surface area contributed by atoms with Gasteiger partial charge in [-0.05, 0) is 55.5 Å². The molecule has 3 nitrogen and oxygen atoms in total. The first-order valence-electron chi connectivity index (χ1n) is 7.19. The summed E-state index contributed by atoms with van der Waals surface area (Å²) in [6.07, 6.45) is 1.06. The minimum atomic E-state index is 0.0306. The number of nitrogens with zero attached hydrogens (tertiary/aromatic N) is 1. The van der Waals surface area contributed by atoms with Crippen LogP contribution in [-0.2, 0) is 13.0 Å². The number of hydrogen-bond donors (Lipinski definition) is 1. The first-order chi connectivity index (χ1) is 10.1. The van der Waals surface area contributed by atoms with Gasteiger partial charge in [0.1, 0.15) is 5.75 Å². The van der Waals surface area contributed by atoms with Crippen molar-refractivity contribution in [3.63, 3.8) is 0 Å². The van der Waals surface area contributed by atoms with E-state index in [2.05, 4.69) is 23.3 Å². The number of benzene rings is 1. The molecule has 4 heteroatoms. The number of hydrogen-bond acceptors (Lipinski definition) is 4. The zero-order chi connectivity index (χ0) is 15.0. The Labute approximate surface area is 128 Å². The largest absolute Gasteiger partial charge is 0.508 e. The lowest BCUT2D eigenvalue weighted by atomic mass is 9.99. The number of thiophene rings is 1. The Hall–Kier alpha value is -1.65. The van der Waals surface area contributed by atoms with Crippen molar-refractivity contribution in [2.24, 2.45) is 0 Å². The Morgan fingerprint density at radius 1 is 1.43 bits per heavy atom. The lowest BCUT2D eigenvalue weighted by molar-refractivity contribution is 0.101. The second kappa shape index (κ2) is 5.62. The van der Waals surface area contributed by atoms with E-state index < -0.39 is 0 Å². The van der Waals surface area contributed by atoms with Gasteiger partial charge in [0.25, 0.3) is 0 Å². The summed E-state index contributed by atoms with van der Waals surface area (Å²) in [4.78, 5) is 15.3. The highest BCUT2D eigenvalue weighted by molar-refractivity contribution is 7.10. The van der Waals surface area contributed by atoms with Gasteiger partial charge in [-0.3, -0.25) is 9.69 Å². The Bertz CT molecular complexity index is 677. The molecule has 21 heavy (non-hydrogen) atoms. The van der Waals surface area contributed by atoms with Gasteiger partial charge in [-0.1, -0.05) is 0 Å². The van der Waals surface area contributed by atoms with E-state index in [0.29, 0.717) is 18.2 Å². The number of carbonyl (C=O) groups excluding carboxylic acids is 1. The Balaban J connectivity index is 1.84. The van der Waals surface area contributed by atoms with Crippen molar-refractivity contribution >= 4 is 17.1 Å². The quantitative estimate of drug-likeness (QED) is 0.877. The van der Waals surface area contributed by atoms with E-state index in [-0.39, 0.29) is 11.5 Å². The molecule has 0 fully saturated rings. The summed E-state index contributed by atoms with van der Waals surface area (Å²) in [5.74, 6) is 0.298. The molecule has 1 atom stereocenters. The van der Waals surface area contributed by atoms with Crippen LogP contribution in [0.15, 0.2) is 29.6 Å². The van der Waals surface area contributed by atoms with Crippen LogP contribution in [0.2, 0.25) is 0 Å². The van der Waals surface area contributed by atoms with E-state index in [0.717, 1.165) is 18.5 Å². The molecular formula is C17H19NO2S. The normalized spacial score (nSPS) is 18.5. The van der Waals surface area contributed by atoms with E-state index in [4.69, 9.17) is 0 Å². The summed E-state index contributed by atoms with van der Waals surface area (Å²) in [7, 11) is 0. The molecule has 0 spiro atoms. The van der Waals surface area contributed by atoms with Crippen LogP contribution in [0.3, 0.4) is 0 Å². The lowest BCUT2D eigenvalue weighted by Gasteiger charge is -2.33. The number of ketones is 1. The highest BCUT2D eigenvalue weighted by Crippen LogP contribution is 2.34. The Kier molecular flexibility index (Phi) is 3.83. The van der Waals surface area contributed by atoms with E-state index in [1.807, 2.05) is 17.4 Å². The van der Waals surface area contributed by atoms with Crippen LogP contribution in [0.1, 0.15) is 46.3 Å². The van der Waals surface area contributed by atoms with Gasteiger partial charge in [0, 0.05) is 35.1 Å². The molecule has 0 saturated heterocycles. The Morgan fingerprint density at radius 2 is 2.24 bits per heavy atom. The maximum Gasteiger partial charge on any atom is 0.159 e. The van der Waals surface area contributed by atoms with Crippen molar-refractivity contribution in [2.45, 2.75) is 32.9 Å². The third kappa shape index (κ3) is 2.74. The van der Waals surface area contributed by atoms with Crippen molar-refractivity contribution < 1.29 is 9.90 Å². The first-order valence-corrected chi connectivity index (χ1v) is 8.07. The number of fused-ring (bicyclic) bond motifs is 1. The molecule has 1 aromatic heterocycles. The minimum absolute atomic E-state index is 0.0306. The zero-order valence-corrected chi connectivity index (χ0v) is 13.1. The maximum absolute atomic E-state index is 11.5. The van der Waals surface area contributed by atoms with Gasteiger partial charge in [0.05, 0.1) is 0 Å². The van der Waals surface area contributed by atoms with Crippen LogP contribution < -0.4 is 0 Å². The zero-order valence-electron chi connectivity index (χ0n) is 12.3. The summed E-state index contributed by atoms with van der Waals surface area (Å²) in [5.41, 5.74) is 2.88. The van der Waals surface area contributed by atoms with E-state index >= 15 is 0 Å². The molecule has 2 heterocycles. The summed E-state index contributed by atoms with van der Waals surface area (Å²) >= 11 is 1.83. The minimum Gasteiger partial charge on any atom is -0.508 e. The third-order valence-corrected chi connectivity index (χ3v) is 5.26. The molecule has 3 rings (SSSR count). The molecule has 0 saturated carbocycles. The predicted molar refractivity (Wildman–Crippen MR) is 85.0 cm³/mol. The third-order valence-electron chi connectivity index (χ3n) is 4.26. The average Bonchev–Trinajstić information content (AvgIpc) is 2.93.